The summed E-state index contributed by atoms with van der Waals surface area (Å²) in [5, 5.41) is 3.35. The van der Waals surface area contributed by atoms with Crippen LogP contribution in [-0.4, -0.2) is 19.8 Å². The first-order valence-corrected chi connectivity index (χ1v) is 5.67. The molecule has 0 spiro atoms. The van der Waals surface area contributed by atoms with Crippen LogP contribution in [0.25, 0.3) is 0 Å². The van der Waals surface area contributed by atoms with E-state index in [-0.39, 0.29) is 0 Å². The van der Waals surface area contributed by atoms with Crippen molar-refractivity contribution < 1.29 is 4.74 Å². The van der Waals surface area contributed by atoms with E-state index in [1.165, 1.54) is 11.1 Å². The summed E-state index contributed by atoms with van der Waals surface area (Å²) in [7, 11) is 0. The maximum Gasteiger partial charge on any atom is 0.0672 e. The molecule has 0 atom stereocenters. The molecule has 16 heavy (non-hydrogen) atoms. The first-order valence-electron chi connectivity index (χ1n) is 5.67. The van der Waals surface area contributed by atoms with Crippen molar-refractivity contribution in [3.8, 4) is 0 Å². The largest absolute Gasteiger partial charge is 0.376 e. The Labute approximate surface area is 98.3 Å². The van der Waals surface area contributed by atoms with Gasteiger partial charge >= 0.3 is 0 Å². The molecule has 1 aromatic rings. The number of hydrogen-bond donors (Lipinski definition) is 1. The van der Waals surface area contributed by atoms with Gasteiger partial charge in [-0.2, -0.15) is 0 Å². The molecule has 0 radical (unpaired) electrons. The maximum atomic E-state index is 5.39. The standard InChI is InChI=1S/C14H21NO/c1-12(2)11-16-8-7-15-10-14-6-4-5-13(3)9-14/h4-6,9,15H,1,7-8,10-11H2,2-3H3. The molecular weight excluding hydrogens is 198 g/mol. The Morgan fingerprint density at radius 2 is 2.25 bits per heavy atom. The second-order valence-corrected chi connectivity index (χ2v) is 4.18. The van der Waals surface area contributed by atoms with Gasteiger partial charge in [-0.1, -0.05) is 42.0 Å². The summed E-state index contributed by atoms with van der Waals surface area (Å²) in [6.45, 7) is 11.0. The van der Waals surface area contributed by atoms with Gasteiger partial charge in [0.15, 0.2) is 0 Å². The first kappa shape index (κ1) is 12.9. The van der Waals surface area contributed by atoms with E-state index in [0.717, 1.165) is 25.3 Å². The summed E-state index contributed by atoms with van der Waals surface area (Å²) >= 11 is 0. The van der Waals surface area contributed by atoms with Crippen molar-refractivity contribution in [1.82, 2.24) is 5.32 Å². The third-order valence-corrected chi connectivity index (χ3v) is 2.18. The van der Waals surface area contributed by atoms with Gasteiger partial charge in [0.1, 0.15) is 0 Å². The molecule has 0 heterocycles. The van der Waals surface area contributed by atoms with Crippen molar-refractivity contribution in [3.63, 3.8) is 0 Å². The highest BCUT2D eigenvalue weighted by Gasteiger charge is 1.93. The van der Waals surface area contributed by atoms with E-state index in [1.807, 2.05) is 6.92 Å². The summed E-state index contributed by atoms with van der Waals surface area (Å²) in [6, 6.07) is 8.53. The molecule has 0 amide bonds. The van der Waals surface area contributed by atoms with Crippen LogP contribution in [0.3, 0.4) is 0 Å². The van der Waals surface area contributed by atoms with Gasteiger partial charge in [0.05, 0.1) is 13.2 Å². The molecule has 1 aromatic carbocycles. The smallest absolute Gasteiger partial charge is 0.0672 e. The summed E-state index contributed by atoms with van der Waals surface area (Å²) in [5.41, 5.74) is 3.69. The van der Waals surface area contributed by atoms with E-state index in [1.54, 1.807) is 0 Å². The zero-order chi connectivity index (χ0) is 11.8. The Morgan fingerprint density at radius 1 is 1.44 bits per heavy atom. The third kappa shape index (κ3) is 5.69. The number of benzene rings is 1. The van der Waals surface area contributed by atoms with Crippen LogP contribution in [0, 0.1) is 6.92 Å². The Kier molecular flexibility index (Phi) is 5.83. The predicted octanol–water partition coefficient (Wildman–Crippen LogP) is 2.68. The first-order chi connectivity index (χ1) is 7.68. The maximum absolute atomic E-state index is 5.39. The number of hydrogen-bond acceptors (Lipinski definition) is 2. The minimum atomic E-state index is 0.659. The Hall–Kier alpha value is -1.12. The second-order valence-electron chi connectivity index (χ2n) is 4.18. The van der Waals surface area contributed by atoms with Crippen LogP contribution < -0.4 is 5.32 Å². The van der Waals surface area contributed by atoms with Gasteiger partial charge in [-0.15, -0.1) is 0 Å². The highest BCUT2D eigenvalue weighted by Crippen LogP contribution is 2.02. The molecule has 0 bridgehead atoms. The Morgan fingerprint density at radius 3 is 2.94 bits per heavy atom. The van der Waals surface area contributed by atoms with Gasteiger partial charge in [-0.3, -0.25) is 0 Å². The number of nitrogens with one attached hydrogen (secondary N) is 1. The normalized spacial score (nSPS) is 10.4. The average molecular weight is 219 g/mol. The van der Waals surface area contributed by atoms with E-state index < -0.39 is 0 Å². The van der Waals surface area contributed by atoms with E-state index >= 15 is 0 Å². The quantitative estimate of drug-likeness (QED) is 0.562. The van der Waals surface area contributed by atoms with Gasteiger partial charge < -0.3 is 10.1 Å². The fraction of sp³-hybridized carbons (Fsp3) is 0.429. The molecule has 2 nitrogen and oxygen atoms in total. The van der Waals surface area contributed by atoms with E-state index in [2.05, 4.69) is 43.1 Å². The summed E-state index contributed by atoms with van der Waals surface area (Å²) in [4.78, 5) is 0. The molecule has 0 saturated carbocycles. The van der Waals surface area contributed by atoms with Gasteiger partial charge in [0.25, 0.3) is 0 Å². The fourth-order valence-corrected chi connectivity index (χ4v) is 1.45. The predicted molar refractivity (Wildman–Crippen MR) is 68.5 cm³/mol. The second kappa shape index (κ2) is 7.20. The van der Waals surface area contributed by atoms with Crippen LogP contribution in [0.4, 0.5) is 0 Å². The lowest BCUT2D eigenvalue weighted by molar-refractivity contribution is 0.158. The molecule has 2 heteroatoms. The fourth-order valence-electron chi connectivity index (χ4n) is 1.45. The molecular formula is C14H21NO. The third-order valence-electron chi connectivity index (χ3n) is 2.18. The molecule has 0 aromatic heterocycles. The number of ether oxygens (including phenoxy) is 1. The van der Waals surface area contributed by atoms with Crippen LogP contribution in [0.2, 0.25) is 0 Å². The lowest BCUT2D eigenvalue weighted by Gasteiger charge is -2.06. The van der Waals surface area contributed by atoms with Crippen molar-refractivity contribution in [2.75, 3.05) is 19.8 Å². The van der Waals surface area contributed by atoms with Crippen LogP contribution in [-0.2, 0) is 11.3 Å². The van der Waals surface area contributed by atoms with Crippen LogP contribution in [0.5, 0.6) is 0 Å². The molecule has 0 unspecified atom stereocenters. The lowest BCUT2D eigenvalue weighted by atomic mass is 10.1. The zero-order valence-electron chi connectivity index (χ0n) is 10.3. The minimum Gasteiger partial charge on any atom is -0.376 e. The summed E-state index contributed by atoms with van der Waals surface area (Å²) < 4.78 is 5.39. The average Bonchev–Trinajstić information content (AvgIpc) is 2.23. The molecule has 0 aliphatic rings. The zero-order valence-corrected chi connectivity index (χ0v) is 10.3. The monoisotopic (exact) mass is 219 g/mol. The minimum absolute atomic E-state index is 0.659. The topological polar surface area (TPSA) is 21.3 Å². The molecule has 0 saturated heterocycles. The SMILES string of the molecule is C=C(C)COCCNCc1cccc(C)c1. The van der Waals surface area contributed by atoms with Gasteiger partial charge in [-0.25, -0.2) is 0 Å². The van der Waals surface area contributed by atoms with Crippen molar-refractivity contribution in [3.05, 3.63) is 47.5 Å². The number of rotatable bonds is 7. The molecule has 1 rings (SSSR count). The van der Waals surface area contributed by atoms with E-state index in [9.17, 15) is 0 Å². The molecule has 0 aliphatic carbocycles. The highest BCUT2D eigenvalue weighted by molar-refractivity contribution is 5.21. The van der Waals surface area contributed by atoms with Crippen molar-refractivity contribution in [1.29, 1.82) is 0 Å². The van der Waals surface area contributed by atoms with Crippen LogP contribution in [0.1, 0.15) is 18.1 Å². The van der Waals surface area contributed by atoms with Crippen molar-refractivity contribution in [2.24, 2.45) is 0 Å². The molecule has 0 fully saturated rings. The summed E-state index contributed by atoms with van der Waals surface area (Å²) in [5.74, 6) is 0. The van der Waals surface area contributed by atoms with Crippen molar-refractivity contribution >= 4 is 0 Å². The van der Waals surface area contributed by atoms with Gasteiger partial charge in [-0.05, 0) is 19.4 Å². The van der Waals surface area contributed by atoms with Crippen LogP contribution in [0.15, 0.2) is 36.4 Å². The molecule has 88 valence electrons. The Balaban J connectivity index is 2.09. The van der Waals surface area contributed by atoms with E-state index in [4.69, 9.17) is 4.74 Å². The number of aryl methyl sites for hydroxylation is 1. The van der Waals surface area contributed by atoms with Crippen molar-refractivity contribution in [2.45, 2.75) is 20.4 Å². The molecule has 0 aliphatic heterocycles. The molecule has 1 N–H and O–H groups in total. The van der Waals surface area contributed by atoms with Crippen LogP contribution >= 0.6 is 0 Å². The Bertz CT molecular complexity index is 333. The highest BCUT2D eigenvalue weighted by atomic mass is 16.5. The lowest BCUT2D eigenvalue weighted by Crippen LogP contribution is -2.19. The summed E-state index contributed by atoms with van der Waals surface area (Å²) in [6.07, 6.45) is 0. The van der Waals surface area contributed by atoms with E-state index in [0.29, 0.717) is 6.61 Å². The van der Waals surface area contributed by atoms with Gasteiger partial charge in [0, 0.05) is 13.1 Å². The van der Waals surface area contributed by atoms with Gasteiger partial charge in [0.2, 0.25) is 0 Å².